The van der Waals surface area contributed by atoms with E-state index in [0.29, 0.717) is 12.3 Å². The van der Waals surface area contributed by atoms with E-state index in [1.165, 1.54) is 5.56 Å². The van der Waals surface area contributed by atoms with Crippen molar-refractivity contribution in [2.75, 3.05) is 30.9 Å². The normalized spacial score (nSPS) is 16.0. The smallest absolute Gasteiger partial charge is 0.282 e. The van der Waals surface area contributed by atoms with E-state index < -0.39 is 0 Å². The van der Waals surface area contributed by atoms with Crippen LogP contribution >= 0.6 is 11.3 Å². The maximum atomic E-state index is 12.8. The number of nitrogens with two attached hydrogens (primary N) is 1. The predicted molar refractivity (Wildman–Crippen MR) is 115 cm³/mol. The van der Waals surface area contributed by atoms with Crippen molar-refractivity contribution in [3.8, 4) is 0 Å². The van der Waals surface area contributed by atoms with Gasteiger partial charge in [-0.3, -0.25) is 4.79 Å². The number of carbonyl (C=O) groups excluding carboxylic acids is 1. The van der Waals surface area contributed by atoms with E-state index in [9.17, 15) is 4.79 Å². The van der Waals surface area contributed by atoms with Crippen LogP contribution in [0.25, 0.3) is 0 Å². The molecule has 1 amide bonds. The number of aryl methyl sites for hydroxylation is 1. The number of nitrogens with one attached hydrogen (secondary N) is 1. The van der Waals surface area contributed by atoms with Crippen molar-refractivity contribution in [1.82, 2.24) is 4.98 Å². The molecule has 0 fully saturated rings. The first-order valence-corrected chi connectivity index (χ1v) is 10.2. The second-order valence-corrected chi connectivity index (χ2v) is 8.39. The summed E-state index contributed by atoms with van der Waals surface area (Å²) in [5, 5.41) is 3.80. The largest absolute Gasteiger partial charge is 0.463 e. The van der Waals surface area contributed by atoms with Crippen molar-refractivity contribution in [3.63, 3.8) is 0 Å². The van der Waals surface area contributed by atoms with Crippen LogP contribution in [0.15, 0.2) is 29.3 Å². The van der Waals surface area contributed by atoms with Crippen LogP contribution in [0.2, 0.25) is 0 Å². The quantitative estimate of drug-likeness (QED) is 0.743. The molecule has 0 saturated heterocycles. The molecule has 8 heteroatoms. The van der Waals surface area contributed by atoms with Gasteiger partial charge in [0, 0.05) is 24.7 Å². The summed E-state index contributed by atoms with van der Waals surface area (Å²) in [6.07, 6.45) is 1.77. The van der Waals surface area contributed by atoms with Gasteiger partial charge in [-0.1, -0.05) is 26.0 Å². The summed E-state index contributed by atoms with van der Waals surface area (Å²) in [5.41, 5.74) is 7.98. The maximum Gasteiger partial charge on any atom is 0.282 e. The third kappa shape index (κ3) is 4.81. The molecule has 2 heterocycles. The third-order valence-electron chi connectivity index (χ3n) is 4.48. The van der Waals surface area contributed by atoms with E-state index in [1.807, 2.05) is 43.3 Å². The summed E-state index contributed by atoms with van der Waals surface area (Å²) in [6.45, 7) is 4.71. The van der Waals surface area contributed by atoms with Crippen molar-refractivity contribution in [2.45, 2.75) is 38.6 Å². The Hall–Kier alpha value is -2.61. The Morgan fingerprint density at radius 3 is 2.64 bits per heavy atom. The van der Waals surface area contributed by atoms with Crippen LogP contribution in [0.4, 0.5) is 10.8 Å². The Labute approximate surface area is 169 Å². The minimum absolute atomic E-state index is 0.129. The van der Waals surface area contributed by atoms with Crippen LogP contribution < -0.4 is 16.0 Å². The highest BCUT2D eigenvalue weighted by molar-refractivity contribution is 7.16. The summed E-state index contributed by atoms with van der Waals surface area (Å²) in [5.74, 6) is 0.0688. The molecule has 2 aromatic rings. The van der Waals surface area contributed by atoms with Crippen LogP contribution in [0.5, 0.6) is 0 Å². The zero-order valence-electron chi connectivity index (χ0n) is 16.7. The minimum atomic E-state index is -0.172. The van der Waals surface area contributed by atoms with Gasteiger partial charge in [-0.2, -0.15) is 0 Å². The third-order valence-corrected chi connectivity index (χ3v) is 6.00. The van der Waals surface area contributed by atoms with E-state index in [-0.39, 0.29) is 23.9 Å². The van der Waals surface area contributed by atoms with Crippen LogP contribution in [-0.2, 0) is 11.2 Å². The maximum absolute atomic E-state index is 12.8. The molecule has 1 aromatic carbocycles. The fraction of sp³-hybridized carbons (Fsp3) is 0.450. The average Bonchev–Trinajstić information content (AvgIpc) is 3.28. The molecule has 0 bridgehead atoms. The Bertz CT molecular complexity index is 858. The number of amides is 1. The summed E-state index contributed by atoms with van der Waals surface area (Å²) in [6, 6.07) is 8.30. The number of hydrogen-bond acceptors (Lipinski definition) is 7. The molecule has 28 heavy (non-hydrogen) atoms. The fourth-order valence-electron chi connectivity index (χ4n) is 2.93. The summed E-state index contributed by atoms with van der Waals surface area (Å²) in [4.78, 5) is 24.4. The van der Waals surface area contributed by atoms with Crippen molar-refractivity contribution in [3.05, 3.63) is 40.4 Å². The zero-order valence-corrected chi connectivity index (χ0v) is 17.5. The predicted octanol–water partition coefficient (Wildman–Crippen LogP) is 3.23. The Balaban J connectivity index is 1.63. The highest BCUT2D eigenvalue weighted by Crippen LogP contribution is 2.31. The number of nitrogens with zero attached hydrogens (tertiary/aromatic N) is 3. The lowest BCUT2D eigenvalue weighted by Gasteiger charge is -2.09. The molecular formula is C20H27N5O2S. The number of aliphatic imine (C=N–C) groups is 1. The summed E-state index contributed by atoms with van der Waals surface area (Å²) < 4.78 is 5.17. The number of ether oxygens (including phenoxy) is 1. The number of hydrogen-bond donors (Lipinski definition) is 2. The second-order valence-electron chi connectivity index (χ2n) is 7.38. The highest BCUT2D eigenvalue weighted by Gasteiger charge is 2.21. The lowest BCUT2D eigenvalue weighted by Crippen LogP contribution is -2.15. The number of thiazole rings is 1. The number of carbonyl (C=O) groups is 1. The van der Waals surface area contributed by atoms with Crippen molar-refractivity contribution < 1.29 is 9.53 Å². The number of rotatable bonds is 7. The van der Waals surface area contributed by atoms with E-state index in [4.69, 9.17) is 10.5 Å². The summed E-state index contributed by atoms with van der Waals surface area (Å²) >= 11 is 1.56. The molecule has 1 atom stereocenters. The van der Waals surface area contributed by atoms with Gasteiger partial charge in [0.1, 0.15) is 12.3 Å². The molecule has 7 nitrogen and oxygen atoms in total. The molecule has 0 radical (unpaired) electrons. The first kappa shape index (κ1) is 20.1. The lowest BCUT2D eigenvalue weighted by atomic mass is 10.1. The fourth-order valence-corrected chi connectivity index (χ4v) is 3.91. The van der Waals surface area contributed by atoms with Crippen LogP contribution in [-0.4, -0.2) is 43.7 Å². The Kier molecular flexibility index (Phi) is 6.18. The second kappa shape index (κ2) is 8.60. The van der Waals surface area contributed by atoms with Gasteiger partial charge in [0.15, 0.2) is 5.13 Å². The molecule has 1 aliphatic heterocycles. The zero-order chi connectivity index (χ0) is 20.3. The van der Waals surface area contributed by atoms with Crippen molar-refractivity contribution >= 4 is 34.1 Å². The molecule has 1 aromatic heterocycles. The average molecular weight is 402 g/mol. The topological polar surface area (TPSA) is 92.8 Å². The molecule has 0 saturated carbocycles. The van der Waals surface area contributed by atoms with E-state index in [2.05, 4.69) is 29.1 Å². The first-order chi connectivity index (χ1) is 13.3. The van der Waals surface area contributed by atoms with Gasteiger partial charge in [0.25, 0.3) is 11.9 Å². The molecule has 3 rings (SSSR count). The van der Waals surface area contributed by atoms with Gasteiger partial charge >= 0.3 is 0 Å². The Morgan fingerprint density at radius 1 is 1.36 bits per heavy atom. The molecule has 1 aliphatic rings. The lowest BCUT2D eigenvalue weighted by molar-refractivity contribution is 0.102. The summed E-state index contributed by atoms with van der Waals surface area (Å²) in [7, 11) is 3.86. The van der Waals surface area contributed by atoms with Gasteiger partial charge < -0.3 is 20.7 Å². The standard InChI is InChI=1S/C20H27N5O2S/c1-12(2)17-16(24-20(28-17)25(3)4)18(26)22-14-8-5-13(6-9-14)7-10-15-11-27-19(21)23-15/h5-6,8-9,12,15H,7,10-11H2,1-4H3,(H2,21,23)(H,22,26)/t15-/m0/s1. The van der Waals surface area contributed by atoms with Gasteiger partial charge in [-0.15, -0.1) is 11.3 Å². The van der Waals surface area contributed by atoms with Crippen LogP contribution in [0.1, 0.15) is 47.1 Å². The minimum Gasteiger partial charge on any atom is -0.463 e. The van der Waals surface area contributed by atoms with E-state index in [1.54, 1.807) is 11.3 Å². The molecule has 3 N–H and O–H groups in total. The highest BCUT2D eigenvalue weighted by atomic mass is 32.1. The van der Waals surface area contributed by atoms with Gasteiger partial charge in [-0.05, 0) is 36.5 Å². The van der Waals surface area contributed by atoms with E-state index >= 15 is 0 Å². The molecule has 0 aliphatic carbocycles. The number of aromatic nitrogens is 1. The first-order valence-electron chi connectivity index (χ1n) is 9.38. The van der Waals surface area contributed by atoms with Gasteiger partial charge in [0.05, 0.1) is 6.04 Å². The number of anilines is 2. The molecule has 0 spiro atoms. The van der Waals surface area contributed by atoms with Crippen molar-refractivity contribution in [1.29, 1.82) is 0 Å². The molecule has 0 unspecified atom stereocenters. The SMILES string of the molecule is CC(C)c1sc(N(C)C)nc1C(=O)Nc1ccc(CC[C@H]2COC(N)=N2)cc1. The van der Waals surface area contributed by atoms with Crippen molar-refractivity contribution in [2.24, 2.45) is 10.7 Å². The molecular weight excluding hydrogens is 374 g/mol. The van der Waals surface area contributed by atoms with Gasteiger partial charge in [-0.25, -0.2) is 9.98 Å². The Morgan fingerprint density at radius 2 is 2.07 bits per heavy atom. The van der Waals surface area contributed by atoms with Crippen LogP contribution in [0, 0.1) is 0 Å². The number of benzene rings is 1. The van der Waals surface area contributed by atoms with Crippen LogP contribution in [0.3, 0.4) is 0 Å². The molecule has 150 valence electrons. The van der Waals surface area contributed by atoms with Gasteiger partial charge in [0.2, 0.25) is 0 Å². The monoisotopic (exact) mass is 401 g/mol. The van der Waals surface area contributed by atoms with E-state index in [0.717, 1.165) is 28.5 Å². The number of amidine groups is 1.